The molecule has 0 spiro atoms. The third-order valence-electron chi connectivity index (χ3n) is 2.27. The van der Waals surface area contributed by atoms with E-state index in [0.717, 1.165) is 13.2 Å². The molecule has 0 aliphatic carbocycles. The maximum atomic E-state index is 5.43. The number of ether oxygens (including phenoxy) is 1. The number of fused-ring (bicyclic) bond motifs is 1. The molecule has 14 heavy (non-hydrogen) atoms. The molecule has 0 atom stereocenters. The van der Waals surface area contributed by atoms with Gasteiger partial charge >= 0.3 is 0 Å². The lowest BCUT2D eigenvalue weighted by Gasteiger charge is -2.00. The van der Waals surface area contributed by atoms with Gasteiger partial charge in [0.05, 0.1) is 6.61 Å². The molecular weight excluding hydrogens is 192 g/mol. The Labute approximate surface area is 88.3 Å². The maximum Gasteiger partial charge on any atom is 0.0730 e. The largest absolute Gasteiger partial charge is 0.377 e. The van der Waals surface area contributed by atoms with Gasteiger partial charge in [-0.05, 0) is 36.2 Å². The van der Waals surface area contributed by atoms with Crippen LogP contribution in [0.15, 0.2) is 23.6 Å². The van der Waals surface area contributed by atoms with Crippen molar-refractivity contribution in [3.05, 3.63) is 34.7 Å². The lowest BCUT2D eigenvalue weighted by atomic mass is 10.1. The number of hydrogen-bond acceptors (Lipinski definition) is 2. The molecule has 0 aliphatic rings. The first-order valence-electron chi connectivity index (χ1n) is 4.85. The van der Waals surface area contributed by atoms with Crippen molar-refractivity contribution in [1.29, 1.82) is 0 Å². The molecule has 2 heteroatoms. The summed E-state index contributed by atoms with van der Waals surface area (Å²) < 4.78 is 6.78. The SMILES string of the molecule is CCOCc1csc2ccc(C)cc12. The minimum absolute atomic E-state index is 0.736. The molecule has 1 aromatic carbocycles. The van der Waals surface area contributed by atoms with Crippen molar-refractivity contribution in [3.63, 3.8) is 0 Å². The third-order valence-corrected chi connectivity index (χ3v) is 3.28. The van der Waals surface area contributed by atoms with Crippen molar-refractivity contribution in [3.8, 4) is 0 Å². The Morgan fingerprint density at radius 1 is 1.36 bits per heavy atom. The van der Waals surface area contributed by atoms with E-state index < -0.39 is 0 Å². The van der Waals surface area contributed by atoms with Gasteiger partial charge in [-0.3, -0.25) is 0 Å². The van der Waals surface area contributed by atoms with Crippen LogP contribution in [0, 0.1) is 6.92 Å². The van der Waals surface area contributed by atoms with Crippen molar-refractivity contribution < 1.29 is 4.74 Å². The average molecular weight is 206 g/mol. The van der Waals surface area contributed by atoms with Gasteiger partial charge in [-0.1, -0.05) is 17.7 Å². The molecule has 1 nitrogen and oxygen atoms in total. The third kappa shape index (κ3) is 1.81. The van der Waals surface area contributed by atoms with Crippen LogP contribution in [-0.2, 0) is 11.3 Å². The van der Waals surface area contributed by atoms with E-state index in [4.69, 9.17) is 4.74 Å². The van der Waals surface area contributed by atoms with Crippen LogP contribution >= 0.6 is 11.3 Å². The van der Waals surface area contributed by atoms with Gasteiger partial charge in [0, 0.05) is 11.3 Å². The lowest BCUT2D eigenvalue weighted by Crippen LogP contribution is -1.89. The summed E-state index contributed by atoms with van der Waals surface area (Å²) in [6, 6.07) is 6.58. The first kappa shape index (κ1) is 9.69. The van der Waals surface area contributed by atoms with E-state index in [0.29, 0.717) is 0 Å². The summed E-state index contributed by atoms with van der Waals surface area (Å²) in [6.45, 7) is 5.67. The second-order valence-corrected chi connectivity index (χ2v) is 4.31. The standard InChI is InChI=1S/C12H14OS/c1-3-13-7-10-8-14-12-5-4-9(2)6-11(10)12/h4-6,8H,3,7H2,1-2H3. The van der Waals surface area contributed by atoms with Gasteiger partial charge in [0.1, 0.15) is 0 Å². The average Bonchev–Trinajstić information content (AvgIpc) is 2.57. The zero-order valence-corrected chi connectivity index (χ0v) is 9.36. The summed E-state index contributed by atoms with van der Waals surface area (Å²) in [6.07, 6.45) is 0. The summed E-state index contributed by atoms with van der Waals surface area (Å²) in [4.78, 5) is 0. The monoisotopic (exact) mass is 206 g/mol. The molecule has 0 fully saturated rings. The number of rotatable bonds is 3. The van der Waals surface area contributed by atoms with Crippen molar-refractivity contribution in [2.75, 3.05) is 6.61 Å². The first-order chi connectivity index (χ1) is 6.81. The van der Waals surface area contributed by atoms with E-state index in [-0.39, 0.29) is 0 Å². The van der Waals surface area contributed by atoms with E-state index in [9.17, 15) is 0 Å². The molecule has 0 saturated carbocycles. The summed E-state index contributed by atoms with van der Waals surface area (Å²) in [7, 11) is 0. The lowest BCUT2D eigenvalue weighted by molar-refractivity contribution is 0.135. The minimum atomic E-state index is 0.736. The van der Waals surface area contributed by atoms with Gasteiger partial charge in [-0.2, -0.15) is 0 Å². The molecule has 74 valence electrons. The van der Waals surface area contributed by atoms with E-state index in [1.165, 1.54) is 21.2 Å². The van der Waals surface area contributed by atoms with Crippen LogP contribution in [0.4, 0.5) is 0 Å². The molecule has 0 bridgehead atoms. The molecule has 0 N–H and O–H groups in total. The molecule has 0 radical (unpaired) electrons. The van der Waals surface area contributed by atoms with Crippen molar-refractivity contribution in [1.82, 2.24) is 0 Å². The minimum Gasteiger partial charge on any atom is -0.377 e. The Morgan fingerprint density at radius 2 is 2.21 bits per heavy atom. The zero-order valence-electron chi connectivity index (χ0n) is 8.54. The van der Waals surface area contributed by atoms with Gasteiger partial charge in [-0.15, -0.1) is 11.3 Å². The highest BCUT2D eigenvalue weighted by molar-refractivity contribution is 7.17. The summed E-state index contributed by atoms with van der Waals surface area (Å²) in [5.74, 6) is 0. The Balaban J connectivity index is 2.40. The van der Waals surface area contributed by atoms with Crippen molar-refractivity contribution >= 4 is 21.4 Å². The summed E-state index contributed by atoms with van der Waals surface area (Å²) in [5.41, 5.74) is 2.63. The van der Waals surface area contributed by atoms with E-state index in [1.54, 1.807) is 11.3 Å². The van der Waals surface area contributed by atoms with Gasteiger partial charge in [0.25, 0.3) is 0 Å². The van der Waals surface area contributed by atoms with Crippen LogP contribution in [0.25, 0.3) is 10.1 Å². The van der Waals surface area contributed by atoms with Gasteiger partial charge in [0.15, 0.2) is 0 Å². The Hall–Kier alpha value is -0.860. The van der Waals surface area contributed by atoms with Crippen LogP contribution in [-0.4, -0.2) is 6.61 Å². The fourth-order valence-corrected chi connectivity index (χ4v) is 2.45. The zero-order chi connectivity index (χ0) is 9.97. The highest BCUT2D eigenvalue weighted by Crippen LogP contribution is 2.27. The number of aryl methyl sites for hydroxylation is 1. The van der Waals surface area contributed by atoms with Crippen molar-refractivity contribution in [2.45, 2.75) is 20.5 Å². The maximum absolute atomic E-state index is 5.43. The molecule has 0 saturated heterocycles. The van der Waals surface area contributed by atoms with Crippen LogP contribution < -0.4 is 0 Å². The second kappa shape index (κ2) is 4.11. The predicted molar refractivity (Wildman–Crippen MR) is 61.9 cm³/mol. The van der Waals surface area contributed by atoms with E-state index in [1.807, 2.05) is 6.92 Å². The van der Waals surface area contributed by atoms with E-state index >= 15 is 0 Å². The number of thiophene rings is 1. The Morgan fingerprint density at radius 3 is 3.00 bits per heavy atom. The Kier molecular flexibility index (Phi) is 2.85. The molecule has 2 rings (SSSR count). The van der Waals surface area contributed by atoms with Crippen LogP contribution in [0.2, 0.25) is 0 Å². The molecule has 2 aromatic rings. The van der Waals surface area contributed by atoms with Gasteiger partial charge in [-0.25, -0.2) is 0 Å². The fraction of sp³-hybridized carbons (Fsp3) is 0.333. The molecule has 0 aliphatic heterocycles. The highest BCUT2D eigenvalue weighted by Gasteiger charge is 2.03. The molecule has 1 aromatic heterocycles. The molecule has 0 amide bonds. The van der Waals surface area contributed by atoms with Crippen LogP contribution in [0.1, 0.15) is 18.1 Å². The number of hydrogen-bond donors (Lipinski definition) is 0. The number of benzene rings is 1. The summed E-state index contributed by atoms with van der Waals surface area (Å²) in [5, 5.41) is 3.54. The fourth-order valence-electron chi connectivity index (χ4n) is 1.52. The van der Waals surface area contributed by atoms with Crippen LogP contribution in [0.3, 0.4) is 0 Å². The van der Waals surface area contributed by atoms with Crippen molar-refractivity contribution in [2.24, 2.45) is 0 Å². The highest BCUT2D eigenvalue weighted by atomic mass is 32.1. The predicted octanol–water partition coefficient (Wildman–Crippen LogP) is 3.75. The topological polar surface area (TPSA) is 9.23 Å². The normalized spacial score (nSPS) is 11.0. The van der Waals surface area contributed by atoms with Crippen LogP contribution in [0.5, 0.6) is 0 Å². The second-order valence-electron chi connectivity index (χ2n) is 3.40. The molecular formula is C12H14OS. The summed E-state index contributed by atoms with van der Waals surface area (Å²) >= 11 is 1.79. The quantitative estimate of drug-likeness (QED) is 0.743. The smallest absolute Gasteiger partial charge is 0.0730 e. The molecule has 1 heterocycles. The van der Waals surface area contributed by atoms with E-state index in [2.05, 4.69) is 30.5 Å². The van der Waals surface area contributed by atoms with Gasteiger partial charge < -0.3 is 4.74 Å². The first-order valence-corrected chi connectivity index (χ1v) is 5.73. The van der Waals surface area contributed by atoms with Gasteiger partial charge in [0.2, 0.25) is 0 Å². The molecule has 0 unspecified atom stereocenters. The Bertz CT molecular complexity index is 431.